The minimum Gasteiger partial charge on any atom is -0.494 e. The summed E-state index contributed by atoms with van der Waals surface area (Å²) in [5.41, 5.74) is 1.14. The number of rotatable bonds is 6. The number of anilines is 2. The van der Waals surface area contributed by atoms with Crippen LogP contribution in [0.2, 0.25) is 0 Å². The summed E-state index contributed by atoms with van der Waals surface area (Å²) in [6, 6.07) is 10.1. The molecule has 2 heterocycles. The fourth-order valence-electron chi connectivity index (χ4n) is 2.70. The average molecular weight is 328 g/mol. The predicted molar refractivity (Wildman–Crippen MR) is 94.7 cm³/mol. The molecule has 0 spiro atoms. The number of aromatic nitrogens is 2. The van der Waals surface area contributed by atoms with Gasteiger partial charge < -0.3 is 19.7 Å². The number of benzene rings is 1. The molecule has 1 aliphatic heterocycles. The molecule has 2 aromatic rings. The molecular formula is C18H24N4O2. The van der Waals surface area contributed by atoms with E-state index in [1.54, 1.807) is 6.20 Å². The highest BCUT2D eigenvalue weighted by molar-refractivity contribution is 5.44. The van der Waals surface area contributed by atoms with Crippen molar-refractivity contribution in [3.8, 4) is 5.75 Å². The van der Waals surface area contributed by atoms with Crippen LogP contribution in [0.5, 0.6) is 5.75 Å². The number of nitrogens with zero attached hydrogens (tertiary/aromatic N) is 3. The summed E-state index contributed by atoms with van der Waals surface area (Å²) in [7, 11) is 0. The Hall–Kier alpha value is -2.34. The smallest absolute Gasteiger partial charge is 0.225 e. The topological polar surface area (TPSA) is 59.5 Å². The summed E-state index contributed by atoms with van der Waals surface area (Å²) in [5.74, 6) is 2.45. The maximum absolute atomic E-state index is 5.57. The van der Waals surface area contributed by atoms with Crippen LogP contribution in [0.3, 0.4) is 0 Å². The van der Waals surface area contributed by atoms with Gasteiger partial charge in [0.2, 0.25) is 5.95 Å². The summed E-state index contributed by atoms with van der Waals surface area (Å²) >= 11 is 0. The van der Waals surface area contributed by atoms with Gasteiger partial charge in [0.25, 0.3) is 0 Å². The van der Waals surface area contributed by atoms with Gasteiger partial charge in [0.15, 0.2) is 0 Å². The van der Waals surface area contributed by atoms with Crippen molar-refractivity contribution >= 4 is 11.8 Å². The van der Waals surface area contributed by atoms with E-state index in [9.17, 15) is 0 Å². The molecule has 0 amide bonds. The fraction of sp³-hybridized carbons (Fsp3) is 0.444. The number of hydrogen-bond donors (Lipinski definition) is 1. The second kappa shape index (κ2) is 7.97. The van der Waals surface area contributed by atoms with E-state index in [2.05, 4.69) is 33.2 Å². The highest BCUT2D eigenvalue weighted by atomic mass is 16.5. The molecular weight excluding hydrogens is 304 g/mol. The average Bonchev–Trinajstić information content (AvgIpc) is 2.63. The summed E-state index contributed by atoms with van der Waals surface area (Å²) < 4.78 is 11.0. The molecule has 6 heteroatoms. The Kier molecular flexibility index (Phi) is 5.48. The first kappa shape index (κ1) is 16.5. The molecule has 1 aromatic heterocycles. The van der Waals surface area contributed by atoms with Crippen LogP contribution in [0.4, 0.5) is 11.8 Å². The molecule has 6 nitrogen and oxygen atoms in total. The van der Waals surface area contributed by atoms with E-state index in [0.29, 0.717) is 12.6 Å². The van der Waals surface area contributed by atoms with Crippen molar-refractivity contribution in [1.29, 1.82) is 0 Å². The van der Waals surface area contributed by atoms with Crippen LogP contribution in [0.25, 0.3) is 0 Å². The van der Waals surface area contributed by atoms with Gasteiger partial charge >= 0.3 is 0 Å². The van der Waals surface area contributed by atoms with Crippen LogP contribution in [-0.4, -0.2) is 42.9 Å². The number of hydrogen-bond acceptors (Lipinski definition) is 6. The van der Waals surface area contributed by atoms with Crippen LogP contribution in [0.1, 0.15) is 25.5 Å². The number of morpholine rings is 1. The van der Waals surface area contributed by atoms with Crippen molar-refractivity contribution < 1.29 is 9.47 Å². The highest BCUT2D eigenvalue weighted by Gasteiger charge is 2.14. The molecule has 3 rings (SSSR count). The van der Waals surface area contributed by atoms with Gasteiger partial charge in [-0.15, -0.1) is 0 Å². The maximum Gasteiger partial charge on any atom is 0.225 e. The second-order valence-corrected chi connectivity index (χ2v) is 5.71. The largest absolute Gasteiger partial charge is 0.494 e. The Morgan fingerprint density at radius 3 is 2.92 bits per heavy atom. The van der Waals surface area contributed by atoms with Crippen molar-refractivity contribution in [2.75, 3.05) is 43.1 Å². The lowest BCUT2D eigenvalue weighted by atomic mass is 10.1. The van der Waals surface area contributed by atoms with Gasteiger partial charge in [0.1, 0.15) is 11.6 Å². The minimum atomic E-state index is 0.0883. The molecule has 1 unspecified atom stereocenters. The molecule has 1 fully saturated rings. The molecule has 0 saturated carbocycles. The Morgan fingerprint density at radius 2 is 2.12 bits per heavy atom. The third-order valence-electron chi connectivity index (χ3n) is 3.99. The molecule has 1 N–H and O–H groups in total. The fourth-order valence-corrected chi connectivity index (χ4v) is 2.70. The molecule has 1 atom stereocenters. The molecule has 1 aromatic carbocycles. The van der Waals surface area contributed by atoms with Crippen LogP contribution >= 0.6 is 0 Å². The highest BCUT2D eigenvalue weighted by Crippen LogP contribution is 2.22. The monoisotopic (exact) mass is 328 g/mol. The lowest BCUT2D eigenvalue weighted by Crippen LogP contribution is -2.36. The zero-order chi connectivity index (χ0) is 16.8. The van der Waals surface area contributed by atoms with E-state index in [1.807, 2.05) is 31.2 Å². The summed E-state index contributed by atoms with van der Waals surface area (Å²) in [6.07, 6.45) is 1.80. The molecule has 1 saturated heterocycles. The van der Waals surface area contributed by atoms with Crippen LogP contribution in [-0.2, 0) is 4.74 Å². The number of nitrogens with one attached hydrogen (secondary N) is 1. The summed E-state index contributed by atoms with van der Waals surface area (Å²) in [6.45, 7) is 7.96. The van der Waals surface area contributed by atoms with Crippen LogP contribution < -0.4 is 15.0 Å². The molecule has 1 aliphatic rings. The first-order chi connectivity index (χ1) is 11.8. The quantitative estimate of drug-likeness (QED) is 0.880. The SMILES string of the molecule is CCOc1cccc(C(C)Nc2nccc(N3CCOCC3)n2)c1. The first-order valence-electron chi connectivity index (χ1n) is 8.41. The molecule has 128 valence electrons. The van der Waals surface area contributed by atoms with E-state index in [0.717, 1.165) is 43.4 Å². The Labute approximate surface area is 142 Å². The van der Waals surface area contributed by atoms with E-state index < -0.39 is 0 Å². The third-order valence-corrected chi connectivity index (χ3v) is 3.99. The van der Waals surface area contributed by atoms with Crippen molar-refractivity contribution in [3.05, 3.63) is 42.1 Å². The molecule has 24 heavy (non-hydrogen) atoms. The van der Waals surface area contributed by atoms with Gasteiger partial charge in [-0.1, -0.05) is 12.1 Å². The Bertz CT molecular complexity index is 659. The maximum atomic E-state index is 5.57. The predicted octanol–water partition coefficient (Wildman–Crippen LogP) is 2.89. The third kappa shape index (κ3) is 4.14. The summed E-state index contributed by atoms with van der Waals surface area (Å²) in [4.78, 5) is 11.2. The standard InChI is InChI=1S/C18H24N4O2/c1-3-24-16-6-4-5-15(13-16)14(2)20-18-19-8-7-17(21-18)22-9-11-23-12-10-22/h4-8,13-14H,3,9-12H2,1-2H3,(H,19,20,21). The van der Waals surface area contributed by atoms with E-state index >= 15 is 0 Å². The van der Waals surface area contributed by atoms with Gasteiger partial charge in [-0.3, -0.25) is 0 Å². The molecule has 0 bridgehead atoms. The summed E-state index contributed by atoms with van der Waals surface area (Å²) in [5, 5.41) is 3.37. The zero-order valence-corrected chi connectivity index (χ0v) is 14.2. The molecule has 0 aliphatic carbocycles. The van der Waals surface area contributed by atoms with Gasteiger partial charge in [0.05, 0.1) is 25.9 Å². The second-order valence-electron chi connectivity index (χ2n) is 5.71. The lowest BCUT2D eigenvalue weighted by molar-refractivity contribution is 0.122. The van der Waals surface area contributed by atoms with Crippen molar-refractivity contribution in [2.45, 2.75) is 19.9 Å². The van der Waals surface area contributed by atoms with Crippen LogP contribution in [0, 0.1) is 0 Å². The Morgan fingerprint density at radius 1 is 1.29 bits per heavy atom. The van der Waals surface area contributed by atoms with Gasteiger partial charge in [0, 0.05) is 19.3 Å². The van der Waals surface area contributed by atoms with E-state index in [-0.39, 0.29) is 6.04 Å². The normalized spacial score (nSPS) is 15.8. The lowest BCUT2D eigenvalue weighted by Gasteiger charge is -2.28. The van der Waals surface area contributed by atoms with Gasteiger partial charge in [-0.05, 0) is 37.6 Å². The van der Waals surface area contributed by atoms with Crippen molar-refractivity contribution in [2.24, 2.45) is 0 Å². The van der Waals surface area contributed by atoms with Gasteiger partial charge in [-0.2, -0.15) is 4.98 Å². The number of ether oxygens (including phenoxy) is 2. The van der Waals surface area contributed by atoms with E-state index in [4.69, 9.17) is 9.47 Å². The van der Waals surface area contributed by atoms with Crippen LogP contribution in [0.15, 0.2) is 36.5 Å². The Balaban J connectivity index is 1.69. The van der Waals surface area contributed by atoms with Crippen molar-refractivity contribution in [3.63, 3.8) is 0 Å². The molecule has 0 radical (unpaired) electrons. The first-order valence-corrected chi connectivity index (χ1v) is 8.41. The van der Waals surface area contributed by atoms with E-state index in [1.165, 1.54) is 0 Å². The van der Waals surface area contributed by atoms with Gasteiger partial charge in [-0.25, -0.2) is 4.98 Å². The van der Waals surface area contributed by atoms with Crippen molar-refractivity contribution in [1.82, 2.24) is 9.97 Å². The zero-order valence-electron chi connectivity index (χ0n) is 14.2. The minimum absolute atomic E-state index is 0.0883.